The molecular weight excluding hydrogens is 276 g/mol. The zero-order chi connectivity index (χ0) is 15.2. The van der Waals surface area contributed by atoms with Gasteiger partial charge in [0.2, 0.25) is 5.88 Å². The fourth-order valence-corrected chi connectivity index (χ4v) is 1.77. The van der Waals surface area contributed by atoms with E-state index in [-0.39, 0.29) is 24.7 Å². The molecule has 21 heavy (non-hydrogen) atoms. The minimum absolute atomic E-state index is 0.0298. The van der Waals surface area contributed by atoms with Crippen molar-refractivity contribution >= 4 is 17.9 Å². The number of hydrogen-bond donors (Lipinski definition) is 3. The second-order valence-electron chi connectivity index (χ2n) is 4.11. The molecule has 0 saturated carbocycles. The number of anilines is 1. The molecule has 0 aliphatic carbocycles. The van der Waals surface area contributed by atoms with Crippen LogP contribution in [0.3, 0.4) is 0 Å². The number of amides is 2. The first-order valence-corrected chi connectivity index (χ1v) is 6.13. The second-order valence-corrected chi connectivity index (χ2v) is 4.11. The number of nitrogens with two attached hydrogens (primary N) is 1. The van der Waals surface area contributed by atoms with Crippen LogP contribution in [0.5, 0.6) is 0 Å². The molecule has 1 heterocycles. The van der Waals surface area contributed by atoms with Crippen molar-refractivity contribution in [3.8, 4) is 11.1 Å². The first-order chi connectivity index (χ1) is 10.1. The van der Waals surface area contributed by atoms with Crippen LogP contribution in [0.1, 0.15) is 10.5 Å². The number of carbonyl (C=O) groups is 2. The number of hydrogen-bond acceptors (Lipinski definition) is 6. The second kappa shape index (κ2) is 6.42. The van der Waals surface area contributed by atoms with Gasteiger partial charge in [-0.3, -0.25) is 4.79 Å². The van der Waals surface area contributed by atoms with Crippen LogP contribution < -0.4 is 21.5 Å². The molecule has 0 radical (unpaired) electrons. The van der Waals surface area contributed by atoms with Crippen LogP contribution in [0.2, 0.25) is 0 Å². The first kappa shape index (κ1) is 14.4. The monoisotopic (exact) mass is 289 g/mol. The Kier molecular flexibility index (Phi) is 4.39. The van der Waals surface area contributed by atoms with Crippen molar-refractivity contribution in [2.45, 2.75) is 0 Å². The lowest BCUT2D eigenvalue weighted by atomic mass is 10.1. The van der Waals surface area contributed by atoms with E-state index in [1.807, 2.05) is 11.4 Å². The Balaban J connectivity index is 2.10. The van der Waals surface area contributed by atoms with Crippen molar-refractivity contribution in [3.05, 3.63) is 36.0 Å². The molecule has 0 atom stereocenters. The van der Waals surface area contributed by atoms with E-state index < -0.39 is 12.0 Å². The Hall–Kier alpha value is -3.03. The zero-order valence-corrected chi connectivity index (χ0v) is 11.0. The number of nitrogens with one attached hydrogen (secondary N) is 2. The van der Waals surface area contributed by atoms with E-state index in [0.29, 0.717) is 11.1 Å². The van der Waals surface area contributed by atoms with E-state index in [1.54, 1.807) is 24.3 Å². The molecule has 0 bridgehead atoms. The Labute approximate surface area is 119 Å². The van der Waals surface area contributed by atoms with Gasteiger partial charge in [0.25, 0.3) is 5.91 Å². The van der Waals surface area contributed by atoms with Crippen molar-refractivity contribution in [1.29, 1.82) is 0 Å². The quantitative estimate of drug-likeness (QED) is 0.640. The van der Waals surface area contributed by atoms with Gasteiger partial charge in [-0.1, -0.05) is 35.5 Å². The molecule has 2 aromatic rings. The summed E-state index contributed by atoms with van der Waals surface area (Å²) in [6.45, 7) is 0.121. The maximum absolute atomic E-state index is 12.0. The van der Waals surface area contributed by atoms with Crippen molar-refractivity contribution < 1.29 is 19.2 Å². The Morgan fingerprint density at radius 1 is 1.19 bits per heavy atom. The lowest BCUT2D eigenvalue weighted by Gasteiger charge is -2.07. The van der Waals surface area contributed by atoms with E-state index in [1.165, 1.54) is 0 Å². The van der Waals surface area contributed by atoms with Crippen LogP contribution in [0.15, 0.2) is 34.9 Å². The van der Waals surface area contributed by atoms with Gasteiger partial charge in [-0.05, 0) is 5.56 Å². The fourth-order valence-electron chi connectivity index (χ4n) is 1.77. The molecule has 0 fully saturated rings. The molecule has 8 heteroatoms. The molecular formula is C13H13N4O4-. The number of carbonyl (C=O) groups excluding carboxylic acids is 2. The topological polar surface area (TPSA) is 133 Å². The summed E-state index contributed by atoms with van der Waals surface area (Å²) in [6.07, 6.45) is -1.40. The number of carboxylic acid groups (broad SMARTS) is 1. The van der Waals surface area contributed by atoms with Crippen LogP contribution in [0, 0.1) is 0 Å². The SMILES string of the molecule is Nc1onc(C(=O)NCCNC(=O)[O-])c1-c1ccccc1. The zero-order valence-electron chi connectivity index (χ0n) is 11.0. The summed E-state index contributed by atoms with van der Waals surface area (Å²) >= 11 is 0. The van der Waals surface area contributed by atoms with Crippen molar-refractivity contribution in [3.63, 3.8) is 0 Å². The summed E-state index contributed by atoms with van der Waals surface area (Å²) in [5.74, 6) is -0.464. The highest BCUT2D eigenvalue weighted by molar-refractivity contribution is 6.01. The third-order valence-corrected chi connectivity index (χ3v) is 2.68. The van der Waals surface area contributed by atoms with Gasteiger partial charge in [-0.25, -0.2) is 0 Å². The highest BCUT2D eigenvalue weighted by Gasteiger charge is 2.21. The standard InChI is InChI=1S/C13H14N4O4/c14-11-9(8-4-2-1-3-5-8)10(17-21-11)12(18)15-6-7-16-13(19)20/h1-5,16H,6-7,14H2,(H,15,18)(H,19,20)/p-1. The molecule has 4 N–H and O–H groups in total. The van der Waals surface area contributed by atoms with Crippen LogP contribution in [0.25, 0.3) is 11.1 Å². The van der Waals surface area contributed by atoms with Crippen LogP contribution in [0.4, 0.5) is 10.7 Å². The van der Waals surface area contributed by atoms with Gasteiger partial charge >= 0.3 is 0 Å². The van der Waals surface area contributed by atoms with Gasteiger partial charge in [0.05, 0.1) is 5.56 Å². The lowest BCUT2D eigenvalue weighted by molar-refractivity contribution is -0.250. The van der Waals surface area contributed by atoms with E-state index >= 15 is 0 Å². The van der Waals surface area contributed by atoms with Crippen LogP contribution in [-0.2, 0) is 0 Å². The smallest absolute Gasteiger partial charge is 0.274 e. The molecule has 0 spiro atoms. The van der Waals surface area contributed by atoms with Gasteiger partial charge in [-0.15, -0.1) is 0 Å². The average Bonchev–Trinajstić information content (AvgIpc) is 2.86. The molecule has 1 aromatic carbocycles. The summed E-state index contributed by atoms with van der Waals surface area (Å²) in [5, 5.41) is 18.4. The summed E-state index contributed by atoms with van der Waals surface area (Å²) in [4.78, 5) is 22.2. The Morgan fingerprint density at radius 2 is 1.86 bits per heavy atom. The van der Waals surface area contributed by atoms with Gasteiger partial charge < -0.3 is 30.8 Å². The third-order valence-electron chi connectivity index (χ3n) is 2.68. The third kappa shape index (κ3) is 3.50. The molecule has 2 rings (SSSR count). The largest absolute Gasteiger partial charge is 0.530 e. The van der Waals surface area contributed by atoms with Gasteiger partial charge in [0.1, 0.15) is 6.09 Å². The first-order valence-electron chi connectivity index (χ1n) is 6.13. The number of nitrogens with zero attached hydrogens (tertiary/aromatic N) is 1. The molecule has 110 valence electrons. The van der Waals surface area contributed by atoms with Crippen molar-refractivity contribution in [2.24, 2.45) is 0 Å². The highest BCUT2D eigenvalue weighted by atomic mass is 16.5. The molecule has 0 aliphatic rings. The normalized spacial score (nSPS) is 10.1. The maximum Gasteiger partial charge on any atom is 0.274 e. The molecule has 0 saturated heterocycles. The van der Waals surface area contributed by atoms with Gasteiger partial charge in [0, 0.05) is 13.1 Å². The Bertz CT molecular complexity index is 639. The summed E-state index contributed by atoms with van der Waals surface area (Å²) in [6, 6.07) is 8.98. The Morgan fingerprint density at radius 3 is 2.52 bits per heavy atom. The minimum atomic E-state index is -1.40. The predicted octanol–water partition coefficient (Wildman–Crippen LogP) is -0.413. The van der Waals surface area contributed by atoms with E-state index in [9.17, 15) is 14.7 Å². The van der Waals surface area contributed by atoms with E-state index in [0.717, 1.165) is 0 Å². The van der Waals surface area contributed by atoms with E-state index in [2.05, 4.69) is 10.5 Å². The predicted molar refractivity (Wildman–Crippen MR) is 72.1 cm³/mol. The maximum atomic E-state index is 12.0. The molecule has 2 amide bonds. The number of aromatic nitrogens is 1. The minimum Gasteiger partial charge on any atom is -0.530 e. The highest BCUT2D eigenvalue weighted by Crippen LogP contribution is 2.29. The number of rotatable bonds is 5. The van der Waals surface area contributed by atoms with Crippen molar-refractivity contribution in [2.75, 3.05) is 18.8 Å². The number of nitrogen functional groups attached to an aromatic ring is 1. The number of benzene rings is 1. The van der Waals surface area contributed by atoms with Gasteiger partial charge in [-0.2, -0.15) is 0 Å². The van der Waals surface area contributed by atoms with Crippen LogP contribution >= 0.6 is 0 Å². The van der Waals surface area contributed by atoms with E-state index in [4.69, 9.17) is 10.3 Å². The fraction of sp³-hybridized carbons (Fsp3) is 0.154. The molecule has 8 nitrogen and oxygen atoms in total. The molecule has 0 aliphatic heterocycles. The van der Waals surface area contributed by atoms with Crippen LogP contribution in [-0.4, -0.2) is 30.2 Å². The summed E-state index contributed by atoms with van der Waals surface area (Å²) < 4.78 is 4.86. The van der Waals surface area contributed by atoms with Gasteiger partial charge in [0.15, 0.2) is 5.69 Å². The molecule has 0 unspecified atom stereocenters. The average molecular weight is 289 g/mol. The summed E-state index contributed by atoms with van der Waals surface area (Å²) in [7, 11) is 0. The van der Waals surface area contributed by atoms with Crippen molar-refractivity contribution in [1.82, 2.24) is 15.8 Å². The summed E-state index contributed by atoms with van der Waals surface area (Å²) in [5.41, 5.74) is 6.85. The molecule has 1 aromatic heterocycles. The lowest BCUT2D eigenvalue weighted by Crippen LogP contribution is -2.41.